The summed E-state index contributed by atoms with van der Waals surface area (Å²) in [5, 5.41) is 9.80. The third-order valence-electron chi connectivity index (χ3n) is 0.845. The van der Waals surface area contributed by atoms with Crippen LogP contribution in [0.3, 0.4) is 0 Å². The van der Waals surface area contributed by atoms with E-state index in [0.717, 1.165) is 0 Å². The van der Waals surface area contributed by atoms with Crippen molar-refractivity contribution in [2.45, 2.75) is 12.5 Å². The zero-order valence-electron chi connectivity index (χ0n) is 4.62. The third-order valence-corrected chi connectivity index (χ3v) is 2.34. The van der Waals surface area contributed by atoms with Crippen LogP contribution >= 0.6 is 27.5 Å². The molecule has 0 aliphatic heterocycles. The van der Waals surface area contributed by atoms with Crippen LogP contribution < -0.4 is 0 Å². The molecule has 0 unspecified atom stereocenters. The van der Waals surface area contributed by atoms with Crippen molar-refractivity contribution in [2.24, 2.45) is 0 Å². The van der Waals surface area contributed by atoms with Gasteiger partial charge in [0.05, 0.1) is 0 Å². The van der Waals surface area contributed by atoms with E-state index in [9.17, 15) is 0 Å². The summed E-state index contributed by atoms with van der Waals surface area (Å²) >= 11 is 8.47. The second kappa shape index (κ2) is 2.85. The number of hydrogen-bond acceptors (Lipinski definition) is 1. The summed E-state index contributed by atoms with van der Waals surface area (Å²) in [7, 11) is 0. The maximum absolute atomic E-state index is 9.12. The largest absolute Gasteiger partial charge is 0.384 e. The van der Waals surface area contributed by atoms with Crippen molar-refractivity contribution < 1.29 is 5.11 Å². The van der Waals surface area contributed by atoms with E-state index in [-0.39, 0.29) is 5.03 Å². The molecule has 0 aromatic heterocycles. The van der Waals surface area contributed by atoms with Gasteiger partial charge in [0.25, 0.3) is 0 Å². The van der Waals surface area contributed by atoms with E-state index in [1.807, 2.05) is 0 Å². The Morgan fingerprint density at radius 2 is 2.38 bits per heavy atom. The molecule has 0 fully saturated rings. The van der Waals surface area contributed by atoms with Crippen molar-refractivity contribution in [2.75, 3.05) is 5.33 Å². The Balaban J connectivity index is 3.91. The van der Waals surface area contributed by atoms with Crippen molar-refractivity contribution >= 4 is 27.5 Å². The fraction of sp³-hybridized carbons (Fsp3) is 0.600. The first-order valence-corrected chi connectivity index (χ1v) is 3.64. The lowest BCUT2D eigenvalue weighted by molar-refractivity contribution is 0.135. The molecule has 1 atom stereocenters. The lowest BCUT2D eigenvalue weighted by atomic mass is 10.1. The Morgan fingerprint density at radius 3 is 2.38 bits per heavy atom. The number of rotatable bonds is 2. The molecular formula is C5H8BrClO. The first-order chi connectivity index (χ1) is 3.50. The summed E-state index contributed by atoms with van der Waals surface area (Å²) < 4.78 is 0. The molecular weight excluding hydrogens is 191 g/mol. The molecule has 1 N–H and O–H groups in total. The summed E-state index contributed by atoms with van der Waals surface area (Å²) in [4.78, 5) is 0. The van der Waals surface area contributed by atoms with Gasteiger partial charge in [-0.15, -0.1) is 0 Å². The molecule has 0 saturated carbocycles. The molecule has 0 rings (SSSR count). The van der Waals surface area contributed by atoms with Gasteiger partial charge in [-0.1, -0.05) is 34.1 Å². The van der Waals surface area contributed by atoms with Crippen LogP contribution in [0.15, 0.2) is 11.6 Å². The van der Waals surface area contributed by atoms with E-state index in [0.29, 0.717) is 5.33 Å². The smallest absolute Gasteiger partial charge is 0.106 e. The second-order valence-corrected chi connectivity index (χ2v) is 2.83. The molecule has 0 radical (unpaired) electrons. The summed E-state index contributed by atoms with van der Waals surface area (Å²) in [5.41, 5.74) is -0.971. The molecule has 0 bridgehead atoms. The lowest BCUT2D eigenvalue weighted by Crippen LogP contribution is -2.25. The second-order valence-electron chi connectivity index (χ2n) is 1.81. The Kier molecular flexibility index (Phi) is 3.02. The van der Waals surface area contributed by atoms with Crippen LogP contribution in [0.5, 0.6) is 0 Å². The molecule has 0 aliphatic rings. The maximum Gasteiger partial charge on any atom is 0.106 e. The fourth-order valence-electron chi connectivity index (χ4n) is 0.0725. The number of halogens is 2. The first-order valence-electron chi connectivity index (χ1n) is 2.14. The van der Waals surface area contributed by atoms with Crippen molar-refractivity contribution in [3.05, 3.63) is 11.6 Å². The van der Waals surface area contributed by atoms with Gasteiger partial charge in [-0.2, -0.15) is 0 Å². The Hall–Kier alpha value is 0.470. The highest BCUT2D eigenvalue weighted by molar-refractivity contribution is 9.09. The van der Waals surface area contributed by atoms with Crippen LogP contribution in [-0.2, 0) is 0 Å². The van der Waals surface area contributed by atoms with Crippen LogP contribution in [0.4, 0.5) is 0 Å². The van der Waals surface area contributed by atoms with Gasteiger partial charge in [-0.3, -0.25) is 0 Å². The minimum Gasteiger partial charge on any atom is -0.384 e. The molecule has 48 valence electrons. The van der Waals surface area contributed by atoms with Crippen LogP contribution in [-0.4, -0.2) is 16.0 Å². The van der Waals surface area contributed by atoms with Gasteiger partial charge in [-0.05, 0) is 6.92 Å². The molecule has 8 heavy (non-hydrogen) atoms. The van der Waals surface area contributed by atoms with Gasteiger partial charge < -0.3 is 5.11 Å². The van der Waals surface area contributed by atoms with Crippen molar-refractivity contribution in [1.82, 2.24) is 0 Å². The van der Waals surface area contributed by atoms with E-state index >= 15 is 0 Å². The molecule has 0 spiro atoms. The minimum atomic E-state index is -0.971. The zero-order valence-corrected chi connectivity index (χ0v) is 6.96. The average molecular weight is 199 g/mol. The Bertz CT molecular complexity index is 101. The van der Waals surface area contributed by atoms with Crippen molar-refractivity contribution in [3.8, 4) is 0 Å². The normalized spacial score (nSPS) is 17.5. The van der Waals surface area contributed by atoms with Gasteiger partial charge in [0, 0.05) is 10.4 Å². The highest BCUT2D eigenvalue weighted by Gasteiger charge is 2.20. The highest BCUT2D eigenvalue weighted by Crippen LogP contribution is 2.19. The summed E-state index contributed by atoms with van der Waals surface area (Å²) in [6, 6.07) is 0. The number of aliphatic hydroxyl groups is 1. The zero-order chi connectivity index (χ0) is 6.78. The molecule has 0 aliphatic carbocycles. The summed E-state index contributed by atoms with van der Waals surface area (Å²) in [6.07, 6.45) is 0. The third kappa shape index (κ3) is 2.16. The highest BCUT2D eigenvalue weighted by atomic mass is 79.9. The Labute approximate surface area is 62.5 Å². The Morgan fingerprint density at radius 1 is 2.00 bits per heavy atom. The van der Waals surface area contributed by atoms with Crippen LogP contribution in [0.1, 0.15) is 6.92 Å². The first kappa shape index (κ1) is 8.47. The van der Waals surface area contributed by atoms with E-state index in [4.69, 9.17) is 16.7 Å². The van der Waals surface area contributed by atoms with Gasteiger partial charge >= 0.3 is 0 Å². The molecule has 0 saturated heterocycles. The summed E-state index contributed by atoms with van der Waals surface area (Å²) in [6.45, 7) is 4.98. The van der Waals surface area contributed by atoms with E-state index < -0.39 is 5.60 Å². The fourth-order valence-corrected chi connectivity index (χ4v) is 0.639. The van der Waals surface area contributed by atoms with Crippen molar-refractivity contribution in [1.29, 1.82) is 0 Å². The van der Waals surface area contributed by atoms with Crippen LogP contribution in [0.25, 0.3) is 0 Å². The topological polar surface area (TPSA) is 20.2 Å². The number of alkyl halides is 1. The quantitative estimate of drug-likeness (QED) is 0.674. The van der Waals surface area contributed by atoms with Gasteiger partial charge in [0.15, 0.2) is 0 Å². The lowest BCUT2D eigenvalue weighted by Gasteiger charge is -2.17. The molecule has 0 heterocycles. The molecule has 1 nitrogen and oxygen atoms in total. The van der Waals surface area contributed by atoms with Gasteiger partial charge in [0.1, 0.15) is 5.60 Å². The molecule has 0 aromatic rings. The monoisotopic (exact) mass is 198 g/mol. The maximum atomic E-state index is 9.12. The van der Waals surface area contributed by atoms with Gasteiger partial charge in [0.2, 0.25) is 0 Å². The van der Waals surface area contributed by atoms with Crippen LogP contribution in [0.2, 0.25) is 0 Å². The van der Waals surface area contributed by atoms with E-state index in [2.05, 4.69) is 22.5 Å². The van der Waals surface area contributed by atoms with E-state index in [1.165, 1.54) is 0 Å². The molecule has 0 amide bonds. The molecule has 0 aromatic carbocycles. The predicted octanol–water partition coefficient (Wildman–Crippen LogP) is 1.88. The SMILES string of the molecule is C=C(Cl)[C@@](C)(O)CBr. The average Bonchev–Trinajstić information content (AvgIpc) is 1.67. The van der Waals surface area contributed by atoms with Crippen LogP contribution in [0, 0.1) is 0 Å². The van der Waals surface area contributed by atoms with Crippen molar-refractivity contribution in [3.63, 3.8) is 0 Å². The predicted molar refractivity (Wildman–Crippen MR) is 39.4 cm³/mol. The summed E-state index contributed by atoms with van der Waals surface area (Å²) in [5.74, 6) is 0. The number of hydrogen-bond donors (Lipinski definition) is 1. The van der Waals surface area contributed by atoms with Gasteiger partial charge in [-0.25, -0.2) is 0 Å². The van der Waals surface area contributed by atoms with E-state index in [1.54, 1.807) is 6.92 Å². The molecule has 3 heteroatoms. The standard InChI is InChI=1S/C5H8BrClO/c1-4(7)5(2,8)3-6/h8H,1,3H2,2H3/t5-/m0/s1. The minimum absolute atomic E-state index is 0.259.